The monoisotopic (exact) mass is 460 g/mol. The molecule has 0 bridgehead atoms. The van der Waals surface area contributed by atoms with Gasteiger partial charge in [0.25, 0.3) is 0 Å². The maximum Gasteiger partial charge on any atom is 0.136 e. The molecule has 1 fully saturated rings. The summed E-state index contributed by atoms with van der Waals surface area (Å²) >= 11 is 12.7. The van der Waals surface area contributed by atoms with Crippen molar-refractivity contribution in [2.45, 2.75) is 43.6 Å². The minimum absolute atomic E-state index is 0.300. The van der Waals surface area contributed by atoms with Crippen LogP contribution in [0.25, 0.3) is 10.9 Å². The summed E-state index contributed by atoms with van der Waals surface area (Å²) < 4.78 is 6.21. The predicted octanol–water partition coefficient (Wildman–Crippen LogP) is 2.82. The number of hydrogen-bond donors (Lipinski definition) is 4. The third-order valence-corrected chi connectivity index (χ3v) is 6.73. The van der Waals surface area contributed by atoms with Crippen LogP contribution in [0.3, 0.4) is 0 Å². The number of benzene rings is 2. The first-order valence-corrected chi connectivity index (χ1v) is 10.9. The Morgan fingerprint density at radius 3 is 2.77 bits per heavy atom. The van der Waals surface area contributed by atoms with Gasteiger partial charge in [-0.15, -0.1) is 0 Å². The van der Waals surface area contributed by atoms with Crippen LogP contribution in [-0.4, -0.2) is 45.0 Å². The fourth-order valence-corrected chi connectivity index (χ4v) is 5.18. The van der Waals surface area contributed by atoms with Crippen molar-refractivity contribution in [3.05, 3.63) is 57.3 Å². The summed E-state index contributed by atoms with van der Waals surface area (Å²) in [5.41, 5.74) is 9.47. The minimum atomic E-state index is -1.05. The number of nitrogens with zero attached hydrogens (tertiary/aromatic N) is 2. The third kappa shape index (κ3) is 3.70. The number of hydrogen-bond acceptors (Lipinski definition) is 7. The molecule has 0 saturated heterocycles. The largest absolute Gasteiger partial charge is 0.487 e. The average molecular weight is 461 g/mol. The zero-order valence-corrected chi connectivity index (χ0v) is 18.1. The van der Waals surface area contributed by atoms with E-state index in [1.54, 1.807) is 12.1 Å². The summed E-state index contributed by atoms with van der Waals surface area (Å²) in [4.78, 5) is 8.23. The van der Waals surface area contributed by atoms with Crippen molar-refractivity contribution in [3.8, 4) is 5.75 Å². The molecule has 2 heterocycles. The molecule has 5 rings (SSSR count). The van der Waals surface area contributed by atoms with E-state index in [0.29, 0.717) is 45.5 Å². The summed E-state index contributed by atoms with van der Waals surface area (Å²) in [5.74, 6) is 0.573. The first-order chi connectivity index (χ1) is 14.9. The molecule has 2 aliphatic rings. The van der Waals surface area contributed by atoms with Crippen molar-refractivity contribution >= 4 is 39.9 Å². The highest BCUT2D eigenvalue weighted by Crippen LogP contribution is 2.41. The van der Waals surface area contributed by atoms with Crippen molar-refractivity contribution in [2.75, 3.05) is 12.3 Å². The Hall–Kier alpha value is -2.16. The molecule has 1 aromatic heterocycles. The lowest BCUT2D eigenvalue weighted by molar-refractivity contribution is -0.0123. The Morgan fingerprint density at radius 1 is 1.10 bits per heavy atom. The molecule has 5 N–H and O–H groups in total. The smallest absolute Gasteiger partial charge is 0.136 e. The van der Waals surface area contributed by atoms with Crippen LogP contribution in [0, 0.1) is 0 Å². The molecule has 3 aromatic rings. The number of rotatable bonds is 3. The molecule has 1 aliphatic carbocycles. The molecule has 7 nitrogen and oxygen atoms in total. The molecule has 9 heteroatoms. The highest BCUT2D eigenvalue weighted by atomic mass is 35.5. The van der Waals surface area contributed by atoms with Crippen LogP contribution < -0.4 is 15.8 Å². The Kier molecular flexibility index (Phi) is 5.40. The number of ether oxygens (including phenoxy) is 1. The molecule has 0 radical (unpaired) electrons. The Morgan fingerprint density at radius 2 is 1.94 bits per heavy atom. The topological polar surface area (TPSA) is 114 Å². The van der Waals surface area contributed by atoms with E-state index in [2.05, 4.69) is 15.3 Å². The third-order valence-electron chi connectivity index (χ3n) is 6.22. The van der Waals surface area contributed by atoms with Gasteiger partial charge in [-0.3, -0.25) is 0 Å². The number of aliphatic hydroxyl groups excluding tert-OH is 2. The molecule has 0 spiro atoms. The number of nitrogens with two attached hydrogens (primary N) is 1. The molecular weight excluding hydrogens is 439 g/mol. The van der Waals surface area contributed by atoms with E-state index < -0.39 is 18.3 Å². The highest BCUT2D eigenvalue weighted by Gasteiger charge is 2.44. The Balaban J connectivity index is 1.45. The molecular formula is C22H22Cl2N4O3. The van der Waals surface area contributed by atoms with Gasteiger partial charge < -0.3 is 26.0 Å². The van der Waals surface area contributed by atoms with E-state index in [1.807, 2.05) is 12.1 Å². The first kappa shape index (κ1) is 20.7. The molecule has 4 atom stereocenters. The Labute approximate surface area is 189 Å². The van der Waals surface area contributed by atoms with Gasteiger partial charge in [0.05, 0.1) is 22.0 Å². The second kappa shape index (κ2) is 8.07. The first-order valence-electron chi connectivity index (χ1n) is 10.2. The van der Waals surface area contributed by atoms with E-state index in [0.717, 1.165) is 29.7 Å². The van der Waals surface area contributed by atoms with Crippen LogP contribution in [0.4, 0.5) is 5.82 Å². The summed E-state index contributed by atoms with van der Waals surface area (Å²) in [6.07, 6.45) is 0.00594. The number of aromatic nitrogens is 2. The number of nitrogen functional groups attached to an aromatic ring is 1. The normalized spacial score (nSPS) is 25.5. The van der Waals surface area contributed by atoms with Gasteiger partial charge in [-0.05, 0) is 54.8 Å². The van der Waals surface area contributed by atoms with Crippen molar-refractivity contribution in [3.63, 3.8) is 0 Å². The van der Waals surface area contributed by atoms with Crippen LogP contribution in [0.2, 0.25) is 10.0 Å². The summed E-state index contributed by atoms with van der Waals surface area (Å²) in [7, 11) is 0. The molecule has 0 amide bonds. The average Bonchev–Trinajstić information content (AvgIpc) is 3.02. The quantitative estimate of drug-likeness (QED) is 0.475. The van der Waals surface area contributed by atoms with Gasteiger partial charge in [0.2, 0.25) is 0 Å². The van der Waals surface area contributed by atoms with E-state index in [1.165, 1.54) is 6.33 Å². The van der Waals surface area contributed by atoms with Crippen LogP contribution in [-0.2, 0) is 13.0 Å². The molecule has 1 aliphatic heterocycles. The van der Waals surface area contributed by atoms with Crippen molar-refractivity contribution in [2.24, 2.45) is 0 Å². The van der Waals surface area contributed by atoms with Gasteiger partial charge in [0.15, 0.2) is 0 Å². The fourth-order valence-electron chi connectivity index (χ4n) is 4.63. The summed E-state index contributed by atoms with van der Waals surface area (Å²) in [6, 6.07) is 7.30. The van der Waals surface area contributed by atoms with Crippen molar-refractivity contribution in [1.29, 1.82) is 0 Å². The van der Waals surface area contributed by atoms with E-state index in [9.17, 15) is 10.2 Å². The molecule has 1 saturated carbocycles. The SMILES string of the molecule is Nc1ncnc2cc([C@@H]3C[C@H](Oc4cc(Cl)cc5c4CNCC5)[C@@H](O)[C@H]3O)cc(Cl)c12. The number of nitrogens with one attached hydrogen (secondary N) is 1. The minimum Gasteiger partial charge on any atom is -0.487 e. The van der Waals surface area contributed by atoms with E-state index in [-0.39, 0.29) is 5.92 Å². The van der Waals surface area contributed by atoms with Crippen molar-refractivity contribution in [1.82, 2.24) is 15.3 Å². The van der Waals surface area contributed by atoms with Crippen molar-refractivity contribution < 1.29 is 14.9 Å². The number of fused-ring (bicyclic) bond motifs is 2. The second-order valence-corrected chi connectivity index (χ2v) is 8.95. The second-order valence-electron chi connectivity index (χ2n) is 8.10. The summed E-state index contributed by atoms with van der Waals surface area (Å²) in [5, 5.41) is 26.5. The lowest BCUT2D eigenvalue weighted by Gasteiger charge is -2.24. The molecule has 0 unspecified atom stereocenters. The van der Waals surface area contributed by atoms with Crippen LogP contribution in [0.1, 0.15) is 29.0 Å². The fraction of sp³-hybridized carbons (Fsp3) is 0.364. The van der Waals surface area contributed by atoms with Gasteiger partial charge in [-0.2, -0.15) is 0 Å². The van der Waals surface area contributed by atoms with Gasteiger partial charge in [-0.25, -0.2) is 9.97 Å². The van der Waals surface area contributed by atoms with Gasteiger partial charge in [0.1, 0.15) is 30.1 Å². The Bertz CT molecular complexity index is 1160. The molecule has 31 heavy (non-hydrogen) atoms. The zero-order chi connectivity index (χ0) is 21.7. The van der Waals surface area contributed by atoms with Gasteiger partial charge >= 0.3 is 0 Å². The molecule has 162 valence electrons. The van der Waals surface area contributed by atoms with Gasteiger partial charge in [0, 0.05) is 23.0 Å². The molecule has 2 aromatic carbocycles. The van der Waals surface area contributed by atoms with Crippen LogP contribution in [0.15, 0.2) is 30.6 Å². The standard InChI is InChI=1S/C22H22Cl2N4O3/c23-12-3-10-1-2-26-8-14(10)17(6-12)31-18-7-13(20(29)21(18)30)11-4-15(24)19-16(5-11)27-9-28-22(19)25/h3-6,9,13,18,20-21,26,29-30H,1-2,7-8H2,(H2,25,27,28)/t13-,18-,20-,21+/m0/s1. The van der Waals surface area contributed by atoms with Crippen LogP contribution >= 0.6 is 23.2 Å². The predicted molar refractivity (Wildman–Crippen MR) is 120 cm³/mol. The highest BCUT2D eigenvalue weighted by molar-refractivity contribution is 6.36. The number of aliphatic hydroxyl groups is 2. The maximum absolute atomic E-state index is 10.8. The lowest BCUT2D eigenvalue weighted by atomic mass is 9.94. The number of anilines is 1. The van der Waals surface area contributed by atoms with E-state index in [4.69, 9.17) is 33.7 Å². The van der Waals surface area contributed by atoms with Gasteiger partial charge in [-0.1, -0.05) is 23.2 Å². The lowest BCUT2D eigenvalue weighted by Crippen LogP contribution is -2.34. The zero-order valence-electron chi connectivity index (χ0n) is 16.6. The summed E-state index contributed by atoms with van der Waals surface area (Å²) in [6.45, 7) is 1.56. The number of halogens is 2. The van der Waals surface area contributed by atoms with Crippen LogP contribution in [0.5, 0.6) is 5.75 Å². The van der Waals surface area contributed by atoms with E-state index >= 15 is 0 Å². The maximum atomic E-state index is 10.8.